The van der Waals surface area contributed by atoms with Crippen molar-refractivity contribution in [3.8, 4) is 0 Å². The topological polar surface area (TPSA) is 66.4 Å². The summed E-state index contributed by atoms with van der Waals surface area (Å²) in [6.07, 6.45) is 6.04. The van der Waals surface area contributed by atoms with Crippen LogP contribution in [0.1, 0.15) is 65.7 Å². The lowest BCUT2D eigenvalue weighted by molar-refractivity contribution is -0.137. The van der Waals surface area contributed by atoms with Crippen molar-refractivity contribution in [2.75, 3.05) is 6.54 Å². The fourth-order valence-electron chi connectivity index (χ4n) is 3.22. The summed E-state index contributed by atoms with van der Waals surface area (Å²) in [5.41, 5.74) is 0.123. The Labute approximate surface area is 122 Å². The first-order valence-electron chi connectivity index (χ1n) is 7.86. The Hall–Kier alpha value is -1.06. The number of hydrogen-bond donors (Lipinski definition) is 2. The van der Waals surface area contributed by atoms with E-state index in [1.165, 1.54) is 0 Å². The molecule has 0 bridgehead atoms. The van der Waals surface area contributed by atoms with Crippen LogP contribution < -0.4 is 5.32 Å². The second-order valence-corrected chi connectivity index (χ2v) is 6.72. The number of carbonyl (C=O) groups is 2. The second kappa shape index (κ2) is 7.65. The van der Waals surface area contributed by atoms with Gasteiger partial charge in [-0.25, -0.2) is 0 Å². The number of amides is 1. The zero-order valence-corrected chi connectivity index (χ0v) is 13.1. The van der Waals surface area contributed by atoms with Gasteiger partial charge in [-0.2, -0.15) is 0 Å². The van der Waals surface area contributed by atoms with Crippen molar-refractivity contribution in [1.29, 1.82) is 0 Å². The largest absolute Gasteiger partial charge is 0.481 e. The van der Waals surface area contributed by atoms with Crippen molar-refractivity contribution in [3.05, 3.63) is 0 Å². The van der Waals surface area contributed by atoms with Crippen molar-refractivity contribution in [2.45, 2.75) is 65.7 Å². The van der Waals surface area contributed by atoms with E-state index >= 15 is 0 Å². The molecule has 1 saturated carbocycles. The molecule has 116 valence electrons. The molecule has 0 heterocycles. The number of nitrogens with one attached hydrogen (secondary N) is 1. The lowest BCUT2D eigenvalue weighted by atomic mass is 9.81. The number of hydrogen-bond acceptors (Lipinski definition) is 2. The molecule has 2 N–H and O–H groups in total. The molecule has 1 amide bonds. The molecule has 20 heavy (non-hydrogen) atoms. The molecule has 1 aliphatic rings. The molecule has 1 fully saturated rings. The summed E-state index contributed by atoms with van der Waals surface area (Å²) in [5.74, 6) is -0.0228. The van der Waals surface area contributed by atoms with Crippen LogP contribution in [0.4, 0.5) is 0 Å². The van der Waals surface area contributed by atoms with Crippen LogP contribution in [0.25, 0.3) is 0 Å². The summed E-state index contributed by atoms with van der Waals surface area (Å²) in [4.78, 5) is 22.8. The van der Waals surface area contributed by atoms with Gasteiger partial charge in [0, 0.05) is 18.9 Å². The average molecular weight is 283 g/mol. The first kappa shape index (κ1) is 17.0. The van der Waals surface area contributed by atoms with Gasteiger partial charge in [-0.1, -0.05) is 33.6 Å². The normalized spacial score (nSPS) is 22.4. The molecular formula is C16H29NO3. The van der Waals surface area contributed by atoms with E-state index in [0.29, 0.717) is 18.9 Å². The number of carbonyl (C=O) groups excluding carboxylic acids is 1. The van der Waals surface area contributed by atoms with Gasteiger partial charge < -0.3 is 10.4 Å². The number of rotatable bonds is 8. The van der Waals surface area contributed by atoms with Crippen molar-refractivity contribution in [3.63, 3.8) is 0 Å². The van der Waals surface area contributed by atoms with Gasteiger partial charge in [0.1, 0.15) is 0 Å². The summed E-state index contributed by atoms with van der Waals surface area (Å²) in [7, 11) is 0. The van der Waals surface area contributed by atoms with Crippen LogP contribution in [0.5, 0.6) is 0 Å². The quantitative estimate of drug-likeness (QED) is 0.719. The van der Waals surface area contributed by atoms with Crippen LogP contribution in [0.15, 0.2) is 0 Å². The maximum Gasteiger partial charge on any atom is 0.303 e. The Morgan fingerprint density at radius 2 is 2.05 bits per heavy atom. The van der Waals surface area contributed by atoms with Gasteiger partial charge in [0.25, 0.3) is 0 Å². The SMILES string of the molecule is CCC(CCNC(=O)C1CCCC1(C)C)CCC(=O)O. The predicted molar refractivity (Wildman–Crippen MR) is 79.4 cm³/mol. The van der Waals surface area contributed by atoms with E-state index in [-0.39, 0.29) is 23.7 Å². The monoisotopic (exact) mass is 283 g/mol. The van der Waals surface area contributed by atoms with Crippen molar-refractivity contribution < 1.29 is 14.7 Å². The minimum absolute atomic E-state index is 0.123. The first-order valence-corrected chi connectivity index (χ1v) is 7.86. The zero-order valence-electron chi connectivity index (χ0n) is 13.1. The van der Waals surface area contributed by atoms with Crippen molar-refractivity contribution >= 4 is 11.9 Å². The van der Waals surface area contributed by atoms with Crippen LogP contribution in [-0.2, 0) is 9.59 Å². The Morgan fingerprint density at radius 1 is 1.35 bits per heavy atom. The average Bonchev–Trinajstić information content (AvgIpc) is 2.72. The summed E-state index contributed by atoms with van der Waals surface area (Å²) < 4.78 is 0. The molecule has 0 spiro atoms. The number of aliphatic carboxylic acids is 1. The van der Waals surface area contributed by atoms with Gasteiger partial charge in [-0.3, -0.25) is 9.59 Å². The molecule has 0 aliphatic heterocycles. The molecule has 4 nitrogen and oxygen atoms in total. The highest BCUT2D eigenvalue weighted by atomic mass is 16.4. The molecule has 2 unspecified atom stereocenters. The van der Waals surface area contributed by atoms with E-state index < -0.39 is 5.97 Å². The Balaban J connectivity index is 2.28. The molecule has 0 aromatic heterocycles. The molecule has 0 aromatic rings. The first-order chi connectivity index (χ1) is 9.36. The standard InChI is InChI=1S/C16H29NO3/c1-4-12(7-8-14(18)19)9-11-17-15(20)13-6-5-10-16(13,2)3/h12-13H,4-11H2,1-3H3,(H,17,20)(H,18,19). The van der Waals surface area contributed by atoms with E-state index in [1.54, 1.807) is 0 Å². The fourth-order valence-corrected chi connectivity index (χ4v) is 3.22. The Bertz CT molecular complexity index is 339. The summed E-state index contributed by atoms with van der Waals surface area (Å²) in [6.45, 7) is 7.09. The van der Waals surface area contributed by atoms with Crippen LogP contribution in [0.3, 0.4) is 0 Å². The predicted octanol–water partition coefficient (Wildman–Crippen LogP) is 3.21. The lowest BCUT2D eigenvalue weighted by Crippen LogP contribution is -2.37. The van der Waals surface area contributed by atoms with Crippen LogP contribution in [-0.4, -0.2) is 23.5 Å². The molecule has 0 saturated heterocycles. The fraction of sp³-hybridized carbons (Fsp3) is 0.875. The van der Waals surface area contributed by atoms with E-state index in [0.717, 1.165) is 32.1 Å². The zero-order chi connectivity index (χ0) is 15.2. The highest BCUT2D eigenvalue weighted by molar-refractivity contribution is 5.79. The lowest BCUT2D eigenvalue weighted by Gasteiger charge is -2.26. The van der Waals surface area contributed by atoms with Crippen LogP contribution in [0.2, 0.25) is 0 Å². The van der Waals surface area contributed by atoms with Crippen LogP contribution >= 0.6 is 0 Å². The number of carboxylic acid groups (broad SMARTS) is 1. The van der Waals surface area contributed by atoms with Gasteiger partial charge >= 0.3 is 5.97 Å². The maximum atomic E-state index is 12.2. The smallest absolute Gasteiger partial charge is 0.303 e. The highest BCUT2D eigenvalue weighted by Crippen LogP contribution is 2.42. The van der Waals surface area contributed by atoms with Crippen LogP contribution in [0, 0.1) is 17.3 Å². The molecule has 4 heteroatoms. The molecule has 1 aliphatic carbocycles. The molecule has 0 radical (unpaired) electrons. The van der Waals surface area contributed by atoms with Crippen molar-refractivity contribution in [2.24, 2.45) is 17.3 Å². The molecular weight excluding hydrogens is 254 g/mol. The number of carboxylic acids is 1. The summed E-state index contributed by atoms with van der Waals surface area (Å²) in [5, 5.41) is 11.7. The Morgan fingerprint density at radius 3 is 2.55 bits per heavy atom. The van der Waals surface area contributed by atoms with Gasteiger partial charge in [0.05, 0.1) is 0 Å². The summed E-state index contributed by atoms with van der Waals surface area (Å²) in [6, 6.07) is 0. The third kappa shape index (κ3) is 5.14. The third-order valence-corrected chi connectivity index (χ3v) is 4.77. The summed E-state index contributed by atoms with van der Waals surface area (Å²) >= 11 is 0. The van der Waals surface area contributed by atoms with Gasteiger partial charge in [0.15, 0.2) is 0 Å². The Kier molecular flexibility index (Phi) is 6.50. The molecule has 1 rings (SSSR count). The van der Waals surface area contributed by atoms with Gasteiger partial charge in [0.2, 0.25) is 5.91 Å². The minimum atomic E-state index is -0.736. The third-order valence-electron chi connectivity index (χ3n) is 4.77. The van der Waals surface area contributed by atoms with Crippen molar-refractivity contribution in [1.82, 2.24) is 5.32 Å². The maximum absolute atomic E-state index is 12.2. The second-order valence-electron chi connectivity index (χ2n) is 6.72. The highest BCUT2D eigenvalue weighted by Gasteiger charge is 2.38. The molecule has 2 atom stereocenters. The van der Waals surface area contributed by atoms with Gasteiger partial charge in [-0.15, -0.1) is 0 Å². The van der Waals surface area contributed by atoms with Gasteiger partial charge in [-0.05, 0) is 37.0 Å². The van der Waals surface area contributed by atoms with E-state index in [2.05, 4.69) is 26.1 Å². The van der Waals surface area contributed by atoms with E-state index in [4.69, 9.17) is 5.11 Å². The molecule has 0 aromatic carbocycles. The minimum Gasteiger partial charge on any atom is -0.481 e. The van der Waals surface area contributed by atoms with E-state index in [9.17, 15) is 9.59 Å². The van der Waals surface area contributed by atoms with E-state index in [1.807, 2.05) is 0 Å².